The topological polar surface area (TPSA) is 109 Å². The maximum Gasteiger partial charge on any atom is 0.265 e. The third-order valence-electron chi connectivity index (χ3n) is 3.14. The van der Waals surface area contributed by atoms with Crippen molar-refractivity contribution >= 4 is 17.4 Å². The highest BCUT2D eigenvalue weighted by molar-refractivity contribution is 7.08. The summed E-state index contributed by atoms with van der Waals surface area (Å²) in [5.74, 6) is 0.966. The van der Waals surface area contributed by atoms with Crippen molar-refractivity contribution in [2.24, 2.45) is 0 Å². The van der Waals surface area contributed by atoms with Crippen LogP contribution in [0.4, 0.5) is 0 Å². The lowest BCUT2D eigenvalue weighted by Crippen LogP contribution is -2.23. The SMILES string of the molecule is CCCc1nnsc1C(=O)NCc1nc(-c2ccncc2)n[nH]1. The molecule has 2 N–H and O–H groups in total. The Kier molecular flexibility index (Phi) is 4.67. The van der Waals surface area contributed by atoms with E-state index in [1.165, 1.54) is 0 Å². The van der Waals surface area contributed by atoms with Crippen molar-refractivity contribution in [3.05, 3.63) is 40.9 Å². The molecule has 0 unspecified atom stereocenters. The molecule has 0 saturated carbocycles. The highest BCUT2D eigenvalue weighted by Crippen LogP contribution is 2.14. The number of H-pyrrole nitrogens is 1. The molecule has 118 valence electrons. The summed E-state index contributed by atoms with van der Waals surface area (Å²) in [7, 11) is 0. The highest BCUT2D eigenvalue weighted by atomic mass is 32.1. The Hall–Kier alpha value is -2.68. The molecule has 3 rings (SSSR count). The molecule has 8 nitrogen and oxygen atoms in total. The number of aromatic amines is 1. The van der Waals surface area contributed by atoms with Gasteiger partial charge in [0.1, 0.15) is 10.7 Å². The molecule has 3 heterocycles. The van der Waals surface area contributed by atoms with Gasteiger partial charge in [-0.1, -0.05) is 17.8 Å². The molecule has 0 bridgehead atoms. The average molecular weight is 329 g/mol. The van der Waals surface area contributed by atoms with E-state index in [-0.39, 0.29) is 12.5 Å². The maximum absolute atomic E-state index is 12.2. The van der Waals surface area contributed by atoms with E-state index in [2.05, 4.69) is 35.1 Å². The van der Waals surface area contributed by atoms with Crippen LogP contribution in [-0.2, 0) is 13.0 Å². The van der Waals surface area contributed by atoms with E-state index >= 15 is 0 Å². The first-order chi connectivity index (χ1) is 11.3. The smallest absolute Gasteiger partial charge is 0.265 e. The number of carbonyl (C=O) groups excluding carboxylic acids is 1. The Bertz CT molecular complexity index is 783. The Morgan fingerprint density at radius 1 is 1.35 bits per heavy atom. The molecule has 3 aromatic heterocycles. The zero-order valence-electron chi connectivity index (χ0n) is 12.5. The van der Waals surface area contributed by atoms with Gasteiger partial charge in [0.15, 0.2) is 5.82 Å². The lowest BCUT2D eigenvalue weighted by atomic mass is 10.2. The quantitative estimate of drug-likeness (QED) is 0.711. The average Bonchev–Trinajstić information content (AvgIpc) is 3.23. The van der Waals surface area contributed by atoms with E-state index in [1.54, 1.807) is 12.4 Å². The second-order valence-corrected chi connectivity index (χ2v) is 5.58. The van der Waals surface area contributed by atoms with Crippen LogP contribution >= 0.6 is 11.5 Å². The molecule has 1 amide bonds. The molecule has 3 aromatic rings. The molecule has 9 heteroatoms. The lowest BCUT2D eigenvalue weighted by molar-refractivity contribution is 0.0953. The number of aromatic nitrogens is 6. The molecule has 0 aliphatic rings. The van der Waals surface area contributed by atoms with Crippen molar-refractivity contribution in [1.29, 1.82) is 0 Å². The van der Waals surface area contributed by atoms with Crippen LogP contribution in [0.5, 0.6) is 0 Å². The Balaban J connectivity index is 1.63. The molecule has 0 aliphatic heterocycles. The van der Waals surface area contributed by atoms with Crippen molar-refractivity contribution < 1.29 is 4.79 Å². The number of hydrogen-bond donors (Lipinski definition) is 2. The third-order valence-corrected chi connectivity index (χ3v) is 3.90. The van der Waals surface area contributed by atoms with E-state index in [0.29, 0.717) is 16.5 Å². The predicted octanol–water partition coefficient (Wildman–Crippen LogP) is 1.60. The second-order valence-electron chi connectivity index (χ2n) is 4.82. The van der Waals surface area contributed by atoms with Crippen molar-refractivity contribution in [2.45, 2.75) is 26.3 Å². The fraction of sp³-hybridized carbons (Fsp3) is 0.286. The fourth-order valence-corrected chi connectivity index (χ4v) is 2.65. The molecule has 0 radical (unpaired) electrons. The number of aryl methyl sites for hydroxylation is 1. The van der Waals surface area contributed by atoms with Crippen LogP contribution in [0.2, 0.25) is 0 Å². The van der Waals surface area contributed by atoms with Gasteiger partial charge in [-0.25, -0.2) is 4.98 Å². The largest absolute Gasteiger partial charge is 0.344 e. The van der Waals surface area contributed by atoms with Gasteiger partial charge in [0, 0.05) is 18.0 Å². The van der Waals surface area contributed by atoms with E-state index in [9.17, 15) is 4.79 Å². The molecule has 0 aliphatic carbocycles. The van der Waals surface area contributed by atoms with Gasteiger partial charge in [-0.15, -0.1) is 5.10 Å². The molecule has 0 saturated heterocycles. The van der Waals surface area contributed by atoms with Gasteiger partial charge >= 0.3 is 0 Å². The Morgan fingerprint density at radius 3 is 2.96 bits per heavy atom. The molecule has 0 aromatic carbocycles. The summed E-state index contributed by atoms with van der Waals surface area (Å²) in [5, 5.41) is 13.8. The van der Waals surface area contributed by atoms with Crippen molar-refractivity contribution in [1.82, 2.24) is 35.1 Å². The first-order valence-electron chi connectivity index (χ1n) is 7.19. The molecule has 0 spiro atoms. The molecular weight excluding hydrogens is 314 g/mol. The lowest BCUT2D eigenvalue weighted by Gasteiger charge is -2.01. The first kappa shape index (κ1) is 15.2. The van der Waals surface area contributed by atoms with E-state index < -0.39 is 0 Å². The van der Waals surface area contributed by atoms with Crippen LogP contribution in [-0.4, -0.2) is 35.7 Å². The van der Waals surface area contributed by atoms with Crippen LogP contribution in [0.15, 0.2) is 24.5 Å². The molecule has 0 atom stereocenters. The molecule has 23 heavy (non-hydrogen) atoms. The van der Waals surface area contributed by atoms with Crippen LogP contribution in [0, 0.1) is 0 Å². The van der Waals surface area contributed by atoms with Gasteiger partial charge in [-0.3, -0.25) is 14.9 Å². The fourth-order valence-electron chi connectivity index (χ4n) is 2.03. The number of rotatable bonds is 6. The van der Waals surface area contributed by atoms with E-state index in [4.69, 9.17) is 0 Å². The van der Waals surface area contributed by atoms with Gasteiger partial charge in [-0.05, 0) is 30.1 Å². The summed E-state index contributed by atoms with van der Waals surface area (Å²) in [5.41, 5.74) is 1.61. The molecule has 0 fully saturated rings. The van der Waals surface area contributed by atoms with Crippen LogP contribution in [0.25, 0.3) is 11.4 Å². The Morgan fingerprint density at radius 2 is 2.17 bits per heavy atom. The predicted molar refractivity (Wildman–Crippen MR) is 84.7 cm³/mol. The minimum Gasteiger partial charge on any atom is -0.344 e. The summed E-state index contributed by atoms with van der Waals surface area (Å²) in [4.78, 5) is 21.1. The van der Waals surface area contributed by atoms with Crippen LogP contribution < -0.4 is 5.32 Å². The number of pyridine rings is 1. The first-order valence-corrected chi connectivity index (χ1v) is 7.96. The number of nitrogens with zero attached hydrogens (tertiary/aromatic N) is 5. The van der Waals surface area contributed by atoms with E-state index in [0.717, 1.165) is 35.6 Å². The van der Waals surface area contributed by atoms with Gasteiger partial charge < -0.3 is 5.32 Å². The second kappa shape index (κ2) is 7.05. The van der Waals surface area contributed by atoms with Gasteiger partial charge in [0.05, 0.1) is 12.2 Å². The highest BCUT2D eigenvalue weighted by Gasteiger charge is 2.16. The zero-order valence-corrected chi connectivity index (χ0v) is 13.3. The number of amides is 1. The summed E-state index contributed by atoms with van der Waals surface area (Å²) in [6.45, 7) is 2.30. The van der Waals surface area contributed by atoms with Crippen molar-refractivity contribution in [2.75, 3.05) is 0 Å². The minimum absolute atomic E-state index is 0.190. The maximum atomic E-state index is 12.2. The summed E-state index contributed by atoms with van der Waals surface area (Å²) in [6, 6.07) is 3.65. The van der Waals surface area contributed by atoms with Crippen LogP contribution in [0.3, 0.4) is 0 Å². The number of carbonyl (C=O) groups is 1. The summed E-state index contributed by atoms with van der Waals surface area (Å²) < 4.78 is 3.85. The van der Waals surface area contributed by atoms with Gasteiger partial charge in [0.2, 0.25) is 0 Å². The normalized spacial score (nSPS) is 10.7. The molecular formula is C14H15N7OS. The van der Waals surface area contributed by atoms with Crippen molar-refractivity contribution in [3.63, 3.8) is 0 Å². The van der Waals surface area contributed by atoms with E-state index in [1.807, 2.05) is 19.1 Å². The standard InChI is InChI=1S/C14H15N7OS/c1-2-3-10-12(23-21-18-10)14(22)16-8-11-17-13(20-19-11)9-4-6-15-7-5-9/h4-7H,2-3,8H2,1H3,(H,16,22)(H,17,19,20). The monoisotopic (exact) mass is 329 g/mol. The zero-order chi connectivity index (χ0) is 16.1. The Labute approximate surface area is 136 Å². The third kappa shape index (κ3) is 3.57. The summed E-state index contributed by atoms with van der Waals surface area (Å²) in [6.07, 6.45) is 5.02. The van der Waals surface area contributed by atoms with Crippen molar-refractivity contribution in [3.8, 4) is 11.4 Å². The minimum atomic E-state index is -0.190. The number of hydrogen-bond acceptors (Lipinski definition) is 7. The van der Waals surface area contributed by atoms with Gasteiger partial charge in [-0.2, -0.15) is 5.10 Å². The van der Waals surface area contributed by atoms with Crippen LogP contribution in [0.1, 0.15) is 34.5 Å². The summed E-state index contributed by atoms with van der Waals surface area (Å²) >= 11 is 1.11. The number of nitrogens with one attached hydrogen (secondary N) is 2. The van der Waals surface area contributed by atoms with Gasteiger partial charge in [0.25, 0.3) is 5.91 Å².